The molecule has 0 saturated heterocycles. The SMILES string of the molecule is Cc1ccc(Cn2c(Nc3ccc(OC4=CC(Cl)NC=C4)cc3)nc(=O)n(CCC(=O)O)c2=O)cc1. The number of hydrogen-bond donors (Lipinski definition) is 3. The van der Waals surface area contributed by atoms with Crippen molar-refractivity contribution in [1.29, 1.82) is 0 Å². The molecule has 0 fully saturated rings. The molecule has 3 N–H and O–H groups in total. The van der Waals surface area contributed by atoms with Gasteiger partial charge in [0.15, 0.2) is 0 Å². The van der Waals surface area contributed by atoms with Gasteiger partial charge in [-0.2, -0.15) is 4.98 Å². The molecule has 0 saturated carbocycles. The van der Waals surface area contributed by atoms with Crippen LogP contribution >= 0.6 is 11.6 Å². The molecule has 0 aliphatic carbocycles. The second-order valence-electron chi connectivity index (χ2n) is 8.09. The monoisotopic (exact) mass is 509 g/mol. The summed E-state index contributed by atoms with van der Waals surface area (Å²) in [5.41, 5.74) is 0.609. The first-order valence-corrected chi connectivity index (χ1v) is 11.5. The van der Waals surface area contributed by atoms with Crippen molar-refractivity contribution in [1.82, 2.24) is 19.4 Å². The van der Waals surface area contributed by atoms with Gasteiger partial charge in [0.2, 0.25) is 5.95 Å². The number of halogens is 1. The minimum atomic E-state index is -1.12. The lowest BCUT2D eigenvalue weighted by Crippen LogP contribution is -2.43. The summed E-state index contributed by atoms with van der Waals surface area (Å²) in [6, 6.07) is 14.5. The summed E-state index contributed by atoms with van der Waals surface area (Å²) in [5, 5.41) is 14.9. The number of hydrogen-bond acceptors (Lipinski definition) is 7. The number of ether oxygens (including phenoxy) is 1. The molecule has 1 aliphatic rings. The maximum Gasteiger partial charge on any atom is 0.354 e. The number of aryl methyl sites for hydroxylation is 1. The van der Waals surface area contributed by atoms with E-state index in [1.54, 1.807) is 42.6 Å². The zero-order chi connectivity index (χ0) is 25.7. The van der Waals surface area contributed by atoms with Gasteiger partial charge in [-0.1, -0.05) is 41.4 Å². The molecule has 1 atom stereocenters. The van der Waals surface area contributed by atoms with Gasteiger partial charge in [-0.15, -0.1) is 0 Å². The highest BCUT2D eigenvalue weighted by Crippen LogP contribution is 2.22. The fraction of sp³-hybridized carbons (Fsp3) is 0.200. The number of dihydropyridines is 1. The molecule has 4 rings (SSSR count). The molecule has 0 spiro atoms. The lowest BCUT2D eigenvalue weighted by atomic mass is 10.1. The average molecular weight is 510 g/mol. The summed E-state index contributed by atoms with van der Waals surface area (Å²) in [6.45, 7) is 1.82. The van der Waals surface area contributed by atoms with Crippen LogP contribution in [-0.2, 0) is 17.9 Å². The Morgan fingerprint density at radius 1 is 1.14 bits per heavy atom. The Bertz CT molecular complexity index is 1430. The van der Waals surface area contributed by atoms with Crippen molar-refractivity contribution in [3.63, 3.8) is 0 Å². The van der Waals surface area contributed by atoms with Crippen molar-refractivity contribution >= 4 is 29.2 Å². The van der Waals surface area contributed by atoms with E-state index in [9.17, 15) is 14.4 Å². The number of nitrogens with one attached hydrogen (secondary N) is 2. The van der Waals surface area contributed by atoms with Crippen LogP contribution < -0.4 is 26.7 Å². The number of aromatic nitrogens is 3. The number of carbonyl (C=O) groups is 1. The summed E-state index contributed by atoms with van der Waals surface area (Å²) < 4.78 is 7.93. The van der Waals surface area contributed by atoms with Gasteiger partial charge in [-0.25, -0.2) is 14.2 Å². The number of carboxylic acid groups (broad SMARTS) is 1. The lowest BCUT2D eigenvalue weighted by Gasteiger charge is -2.16. The van der Waals surface area contributed by atoms with E-state index in [0.717, 1.165) is 15.7 Å². The lowest BCUT2D eigenvalue weighted by molar-refractivity contribution is -0.137. The Morgan fingerprint density at radius 2 is 1.86 bits per heavy atom. The number of allylic oxidation sites excluding steroid dienone is 1. The number of alkyl halides is 1. The Balaban J connectivity index is 1.62. The molecular formula is C25H24ClN5O5. The first-order chi connectivity index (χ1) is 17.3. The van der Waals surface area contributed by atoms with Crippen LogP contribution in [0.25, 0.3) is 0 Å². The molecule has 3 aromatic rings. The van der Waals surface area contributed by atoms with Gasteiger partial charge < -0.3 is 20.5 Å². The Kier molecular flexibility index (Phi) is 7.55. The third-order valence-electron chi connectivity index (χ3n) is 5.32. The Morgan fingerprint density at radius 3 is 2.53 bits per heavy atom. The predicted octanol–water partition coefficient (Wildman–Crippen LogP) is 2.92. The predicted molar refractivity (Wildman–Crippen MR) is 136 cm³/mol. The van der Waals surface area contributed by atoms with Crippen LogP contribution in [0.4, 0.5) is 11.6 Å². The van der Waals surface area contributed by atoms with Gasteiger partial charge in [0, 0.05) is 18.4 Å². The van der Waals surface area contributed by atoms with Crippen LogP contribution in [-0.4, -0.2) is 30.7 Å². The van der Waals surface area contributed by atoms with Gasteiger partial charge in [0.1, 0.15) is 17.0 Å². The van der Waals surface area contributed by atoms with Gasteiger partial charge >= 0.3 is 17.3 Å². The molecule has 0 amide bonds. The van der Waals surface area contributed by atoms with E-state index in [1.165, 1.54) is 4.57 Å². The molecule has 1 aromatic heterocycles. The highest BCUT2D eigenvalue weighted by molar-refractivity contribution is 6.21. The average Bonchev–Trinajstić information content (AvgIpc) is 2.83. The van der Waals surface area contributed by atoms with Crippen molar-refractivity contribution < 1.29 is 14.6 Å². The van der Waals surface area contributed by atoms with Crippen LogP contribution in [0, 0.1) is 6.92 Å². The fourth-order valence-electron chi connectivity index (χ4n) is 3.45. The zero-order valence-corrected chi connectivity index (χ0v) is 20.1. The number of carboxylic acids is 1. The molecule has 11 heteroatoms. The van der Waals surface area contributed by atoms with E-state index >= 15 is 0 Å². The largest absolute Gasteiger partial charge is 0.481 e. The molecule has 36 heavy (non-hydrogen) atoms. The maximum absolute atomic E-state index is 13.2. The summed E-state index contributed by atoms with van der Waals surface area (Å²) in [6.07, 6.45) is 4.79. The van der Waals surface area contributed by atoms with Crippen molar-refractivity contribution in [2.75, 3.05) is 5.32 Å². The molecule has 1 unspecified atom stereocenters. The van der Waals surface area contributed by atoms with Gasteiger partial charge in [0.05, 0.1) is 13.0 Å². The first kappa shape index (κ1) is 24.8. The van der Waals surface area contributed by atoms with Crippen LogP contribution in [0.15, 0.2) is 82.2 Å². The van der Waals surface area contributed by atoms with E-state index < -0.39 is 17.3 Å². The second kappa shape index (κ2) is 11.0. The van der Waals surface area contributed by atoms with E-state index in [1.807, 2.05) is 31.2 Å². The molecule has 2 aromatic carbocycles. The maximum atomic E-state index is 13.2. The minimum Gasteiger partial charge on any atom is -0.481 e. The number of aliphatic carboxylic acids is 1. The molecule has 0 bridgehead atoms. The third-order valence-corrected chi connectivity index (χ3v) is 5.57. The Labute approximate surface area is 211 Å². The third kappa shape index (κ3) is 6.22. The van der Waals surface area contributed by atoms with E-state index in [0.29, 0.717) is 17.2 Å². The fourth-order valence-corrected chi connectivity index (χ4v) is 3.65. The normalized spacial score (nSPS) is 14.6. The molecule has 10 nitrogen and oxygen atoms in total. The van der Waals surface area contributed by atoms with Gasteiger partial charge in [0.25, 0.3) is 0 Å². The smallest absolute Gasteiger partial charge is 0.354 e. The minimum absolute atomic E-state index is 0.0415. The van der Waals surface area contributed by atoms with Crippen molar-refractivity contribution in [2.45, 2.75) is 31.9 Å². The number of benzene rings is 2. The second-order valence-corrected chi connectivity index (χ2v) is 8.56. The molecular weight excluding hydrogens is 486 g/mol. The number of nitrogens with zero attached hydrogens (tertiary/aromatic N) is 3. The van der Waals surface area contributed by atoms with Crippen LogP contribution in [0.3, 0.4) is 0 Å². The number of anilines is 2. The number of rotatable bonds is 9. The Hall–Kier alpha value is -4.31. The molecule has 186 valence electrons. The van der Waals surface area contributed by atoms with Crippen LogP contribution in [0.1, 0.15) is 17.5 Å². The van der Waals surface area contributed by atoms with E-state index in [-0.39, 0.29) is 31.0 Å². The van der Waals surface area contributed by atoms with Gasteiger partial charge in [-0.3, -0.25) is 9.36 Å². The van der Waals surface area contributed by atoms with Crippen molar-refractivity contribution in [3.05, 3.63) is 105 Å². The van der Waals surface area contributed by atoms with Crippen LogP contribution in [0.2, 0.25) is 0 Å². The van der Waals surface area contributed by atoms with E-state index in [2.05, 4.69) is 15.6 Å². The van der Waals surface area contributed by atoms with Crippen molar-refractivity contribution in [3.8, 4) is 5.75 Å². The standard InChI is InChI=1S/C25H24ClN5O5/c1-16-2-4-17(5-3-16)15-31-23(29-24(34)30(25(31)35)13-11-22(32)33)28-18-6-8-19(9-7-18)36-20-10-12-27-21(26)14-20/h2-10,12,14,21,27H,11,13,15H2,1H3,(H,32,33)(H,28,29,34). The topological polar surface area (TPSA) is 127 Å². The summed E-state index contributed by atoms with van der Waals surface area (Å²) in [7, 11) is 0. The van der Waals surface area contributed by atoms with Crippen LogP contribution in [0.5, 0.6) is 5.75 Å². The quantitative estimate of drug-likeness (QED) is 0.297. The summed E-state index contributed by atoms with van der Waals surface area (Å²) in [5.74, 6) is 0.0809. The molecule has 0 radical (unpaired) electrons. The summed E-state index contributed by atoms with van der Waals surface area (Å²) >= 11 is 6.03. The highest BCUT2D eigenvalue weighted by atomic mass is 35.5. The molecule has 2 heterocycles. The van der Waals surface area contributed by atoms with E-state index in [4.69, 9.17) is 21.4 Å². The zero-order valence-electron chi connectivity index (χ0n) is 19.3. The summed E-state index contributed by atoms with van der Waals surface area (Å²) in [4.78, 5) is 40.8. The highest BCUT2D eigenvalue weighted by Gasteiger charge is 2.15. The molecule has 1 aliphatic heterocycles. The van der Waals surface area contributed by atoms with Gasteiger partial charge in [-0.05, 0) is 48.9 Å². The van der Waals surface area contributed by atoms with Crippen molar-refractivity contribution in [2.24, 2.45) is 0 Å². The first-order valence-electron chi connectivity index (χ1n) is 11.1.